The molecule has 0 saturated heterocycles. The number of rotatable bonds is 37. The van der Waals surface area contributed by atoms with Crippen molar-refractivity contribution in [2.45, 2.75) is 89.9 Å². The minimum atomic E-state index is 0.562. The van der Waals surface area contributed by atoms with E-state index >= 15 is 0 Å². The first-order chi connectivity index (χ1) is 19.9. The molecule has 9 nitrogen and oxygen atoms in total. The molecule has 0 aliphatic heterocycles. The van der Waals surface area contributed by atoms with Crippen molar-refractivity contribution >= 4 is 0 Å². The lowest BCUT2D eigenvalue weighted by Crippen LogP contribution is -2.86. The fourth-order valence-electron chi connectivity index (χ4n) is 4.36. The Bertz CT molecular complexity index is 401. The number of methoxy groups -OCH3 is 1. The van der Waals surface area contributed by atoms with E-state index < -0.39 is 0 Å². The van der Waals surface area contributed by atoms with E-state index in [9.17, 15) is 0 Å². The van der Waals surface area contributed by atoms with Crippen LogP contribution < -0.4 is 21.7 Å². The van der Waals surface area contributed by atoms with Gasteiger partial charge in [0.05, 0.1) is 65.9 Å². The van der Waals surface area contributed by atoms with Crippen LogP contribution in [0.25, 0.3) is 0 Å². The summed E-state index contributed by atoms with van der Waals surface area (Å²) < 4.78 is 27.0. The molecule has 242 valence electrons. The van der Waals surface area contributed by atoms with Crippen molar-refractivity contribution in [3.8, 4) is 0 Å². The smallest absolute Gasteiger partial charge is 0.0993 e. The molecule has 0 aromatic carbocycles. The highest BCUT2D eigenvalue weighted by molar-refractivity contribution is 4.54. The van der Waals surface area contributed by atoms with Crippen LogP contribution in [0.2, 0.25) is 0 Å². The Kier molecular flexibility index (Phi) is 38.3. The first kappa shape index (κ1) is 39.6. The Hall–Kier alpha value is -0.360. The molecular weight excluding hydrogens is 508 g/mol. The molecule has 0 aromatic heterocycles. The molecule has 0 bridgehead atoms. The van der Waals surface area contributed by atoms with Gasteiger partial charge in [-0.1, -0.05) is 64.2 Å². The highest BCUT2D eigenvalue weighted by Crippen LogP contribution is 2.11. The van der Waals surface area contributed by atoms with Gasteiger partial charge in [0.1, 0.15) is 0 Å². The molecule has 0 aromatic rings. The number of ether oxygens (including phenoxy) is 5. The molecule has 0 aliphatic rings. The van der Waals surface area contributed by atoms with E-state index in [0.717, 1.165) is 59.2 Å². The van der Waals surface area contributed by atoms with Crippen LogP contribution in [0.4, 0.5) is 0 Å². The molecule has 0 aliphatic carbocycles. The third kappa shape index (κ3) is 37.6. The van der Waals surface area contributed by atoms with Crippen LogP contribution in [-0.4, -0.2) is 112 Å². The van der Waals surface area contributed by atoms with Gasteiger partial charge in [-0.2, -0.15) is 0 Å². The molecule has 0 amide bonds. The third-order valence-electron chi connectivity index (χ3n) is 6.77. The fourth-order valence-corrected chi connectivity index (χ4v) is 4.36. The van der Waals surface area contributed by atoms with E-state index in [4.69, 9.17) is 29.4 Å². The fraction of sp³-hybridized carbons (Fsp3) is 1.00. The largest absolute Gasteiger partial charge is 0.385 e. The topological polar surface area (TPSA) is 113 Å². The van der Waals surface area contributed by atoms with Crippen LogP contribution in [0, 0.1) is 0 Å². The van der Waals surface area contributed by atoms with Crippen LogP contribution >= 0.6 is 0 Å². The average Bonchev–Trinajstić information content (AvgIpc) is 2.97. The maximum atomic E-state index is 5.62. The van der Waals surface area contributed by atoms with Crippen molar-refractivity contribution in [3.63, 3.8) is 0 Å². The van der Waals surface area contributed by atoms with Gasteiger partial charge >= 0.3 is 0 Å². The molecule has 6 N–H and O–H groups in total. The zero-order valence-electron chi connectivity index (χ0n) is 26.4. The Morgan fingerprint density at radius 3 is 1.32 bits per heavy atom. The van der Waals surface area contributed by atoms with E-state index in [2.05, 4.69) is 16.0 Å². The van der Waals surface area contributed by atoms with Crippen LogP contribution in [0.15, 0.2) is 0 Å². The lowest BCUT2D eigenvalue weighted by molar-refractivity contribution is -0.657. The van der Waals surface area contributed by atoms with Crippen LogP contribution in [0.3, 0.4) is 0 Å². The summed E-state index contributed by atoms with van der Waals surface area (Å²) in [5.74, 6) is 0. The summed E-state index contributed by atoms with van der Waals surface area (Å²) in [5.41, 5.74) is 5.35. The second-order valence-electron chi connectivity index (χ2n) is 10.5. The summed E-state index contributed by atoms with van der Waals surface area (Å²) in [6, 6.07) is 0. The SMILES string of the molecule is COCCCCCCCCCCCCCCNCCCCNCCOCCOCC[NH2+]CCOCCOCCN. The van der Waals surface area contributed by atoms with Crippen molar-refractivity contribution in [2.24, 2.45) is 5.73 Å². The lowest BCUT2D eigenvalue weighted by atomic mass is 10.1. The molecular formula is C31H69N4O5+. The zero-order valence-corrected chi connectivity index (χ0v) is 26.4. The first-order valence-electron chi connectivity index (χ1n) is 16.6. The van der Waals surface area contributed by atoms with Gasteiger partial charge in [-0.25, -0.2) is 0 Å². The van der Waals surface area contributed by atoms with E-state index in [-0.39, 0.29) is 0 Å². The van der Waals surface area contributed by atoms with Crippen molar-refractivity contribution in [1.29, 1.82) is 0 Å². The Balaban J connectivity index is 3.01. The normalized spacial score (nSPS) is 11.6. The maximum absolute atomic E-state index is 5.62. The number of nitrogens with one attached hydrogen (secondary N) is 2. The minimum Gasteiger partial charge on any atom is -0.385 e. The molecule has 40 heavy (non-hydrogen) atoms. The molecule has 0 unspecified atom stereocenters. The summed E-state index contributed by atoms with van der Waals surface area (Å²) in [6.07, 6.45) is 19.0. The number of hydrogen-bond donors (Lipinski definition) is 4. The quantitative estimate of drug-likeness (QED) is 0.0834. The molecule has 0 radical (unpaired) electrons. The van der Waals surface area contributed by atoms with Gasteiger partial charge in [0.2, 0.25) is 0 Å². The number of hydrogen-bond acceptors (Lipinski definition) is 8. The number of unbranched alkanes of at least 4 members (excludes halogenated alkanes) is 12. The monoisotopic (exact) mass is 578 g/mol. The van der Waals surface area contributed by atoms with Crippen LogP contribution in [0.1, 0.15) is 89.9 Å². The van der Waals surface area contributed by atoms with E-state index in [0.29, 0.717) is 39.6 Å². The summed E-state index contributed by atoms with van der Waals surface area (Å²) in [6.45, 7) is 13.0. The molecule has 0 atom stereocenters. The highest BCUT2D eigenvalue weighted by atomic mass is 16.5. The molecule has 0 spiro atoms. The second-order valence-corrected chi connectivity index (χ2v) is 10.5. The third-order valence-corrected chi connectivity index (χ3v) is 6.77. The van der Waals surface area contributed by atoms with E-state index in [1.54, 1.807) is 7.11 Å². The van der Waals surface area contributed by atoms with Gasteiger partial charge in [-0.05, 0) is 45.3 Å². The Morgan fingerprint density at radius 1 is 0.425 bits per heavy atom. The maximum Gasteiger partial charge on any atom is 0.0993 e. The highest BCUT2D eigenvalue weighted by Gasteiger charge is 1.97. The molecule has 9 heteroatoms. The minimum absolute atomic E-state index is 0.562. The first-order valence-corrected chi connectivity index (χ1v) is 16.6. The molecule has 0 saturated carbocycles. The Morgan fingerprint density at radius 2 is 0.825 bits per heavy atom. The van der Waals surface area contributed by atoms with Crippen molar-refractivity contribution in [2.75, 3.05) is 112 Å². The van der Waals surface area contributed by atoms with Gasteiger partial charge < -0.3 is 45.4 Å². The molecule has 0 rings (SSSR count). The van der Waals surface area contributed by atoms with Gasteiger partial charge in [0, 0.05) is 26.8 Å². The van der Waals surface area contributed by atoms with Crippen molar-refractivity contribution in [3.05, 3.63) is 0 Å². The molecule has 0 fully saturated rings. The van der Waals surface area contributed by atoms with Gasteiger partial charge in [0.15, 0.2) is 0 Å². The Labute approximate surface area is 247 Å². The number of nitrogens with two attached hydrogens (primary N) is 2. The van der Waals surface area contributed by atoms with Crippen molar-refractivity contribution in [1.82, 2.24) is 10.6 Å². The van der Waals surface area contributed by atoms with E-state index in [1.165, 1.54) is 96.4 Å². The lowest BCUT2D eigenvalue weighted by Gasteiger charge is -2.08. The summed E-state index contributed by atoms with van der Waals surface area (Å²) in [7, 11) is 1.79. The standard InChI is InChI=1S/C31H68N4O5/c1-36-23-15-11-9-7-5-3-2-4-6-8-10-12-17-33-18-13-14-19-34-20-25-38-30-31-40-27-22-35-21-26-39-29-28-37-24-16-32/h33-35H,2-32H2,1H3/p+1. The number of quaternary nitrogens is 1. The predicted molar refractivity (Wildman–Crippen MR) is 166 cm³/mol. The second kappa shape index (κ2) is 38.6. The molecule has 0 heterocycles. The van der Waals surface area contributed by atoms with Crippen LogP contribution in [0.5, 0.6) is 0 Å². The van der Waals surface area contributed by atoms with Crippen molar-refractivity contribution < 1.29 is 29.0 Å². The summed E-state index contributed by atoms with van der Waals surface area (Å²) in [5, 5.41) is 9.27. The van der Waals surface area contributed by atoms with Gasteiger partial charge in [-0.3, -0.25) is 0 Å². The summed E-state index contributed by atoms with van der Waals surface area (Å²) >= 11 is 0. The summed E-state index contributed by atoms with van der Waals surface area (Å²) in [4.78, 5) is 0. The van der Waals surface area contributed by atoms with E-state index in [1.807, 2.05) is 0 Å². The van der Waals surface area contributed by atoms with Crippen LogP contribution in [-0.2, 0) is 23.7 Å². The zero-order chi connectivity index (χ0) is 28.9. The average molecular weight is 578 g/mol. The van der Waals surface area contributed by atoms with Gasteiger partial charge in [-0.15, -0.1) is 0 Å². The predicted octanol–water partition coefficient (Wildman–Crippen LogP) is 2.86. The van der Waals surface area contributed by atoms with Gasteiger partial charge in [0.25, 0.3) is 0 Å².